The first-order valence-electron chi connectivity index (χ1n) is 7.83. The highest BCUT2D eigenvalue weighted by molar-refractivity contribution is 5.22. The Kier molecular flexibility index (Phi) is 4.50. The molecule has 1 saturated heterocycles. The molecule has 0 aromatic heterocycles. The predicted octanol–water partition coefficient (Wildman–Crippen LogP) is 0.316. The summed E-state index contributed by atoms with van der Waals surface area (Å²) >= 11 is 0. The summed E-state index contributed by atoms with van der Waals surface area (Å²) in [6, 6.07) is 0. The van der Waals surface area contributed by atoms with Gasteiger partial charge in [0.15, 0.2) is 0 Å². The number of rotatable bonds is 3. The normalized spacial score (nSPS) is 32.7. The molecule has 0 spiro atoms. The van der Waals surface area contributed by atoms with Crippen molar-refractivity contribution in [3.8, 4) is 0 Å². The molecule has 1 aliphatic heterocycles. The Bertz CT molecular complexity index is 309. The molecule has 2 nitrogen and oxygen atoms in total. The lowest BCUT2D eigenvalue weighted by Crippen LogP contribution is -3.27. The maximum atomic E-state index is 2.45. The molecular weight excluding hydrogens is 220 g/mol. The van der Waals surface area contributed by atoms with Gasteiger partial charge < -0.3 is 9.80 Å². The minimum Gasteiger partial charge on any atom is -0.328 e. The maximum Gasteiger partial charge on any atom is 0.127 e. The highest BCUT2D eigenvalue weighted by atomic mass is 15.2. The van der Waals surface area contributed by atoms with E-state index in [4.69, 9.17) is 0 Å². The van der Waals surface area contributed by atoms with Crippen LogP contribution >= 0.6 is 0 Å². The fraction of sp³-hybridized carbons (Fsp3) is 0.875. The first-order valence-corrected chi connectivity index (χ1v) is 7.83. The van der Waals surface area contributed by atoms with Crippen LogP contribution in [0.3, 0.4) is 0 Å². The van der Waals surface area contributed by atoms with E-state index in [-0.39, 0.29) is 0 Å². The van der Waals surface area contributed by atoms with Crippen molar-refractivity contribution in [2.45, 2.75) is 46.5 Å². The molecular formula is C16H32N2+2. The molecule has 0 radical (unpaired) electrons. The van der Waals surface area contributed by atoms with E-state index in [2.05, 4.69) is 27.8 Å². The molecule has 2 N–H and O–H groups in total. The van der Waals surface area contributed by atoms with Gasteiger partial charge in [0.25, 0.3) is 0 Å². The Morgan fingerprint density at radius 2 is 1.78 bits per heavy atom. The Morgan fingerprint density at radius 1 is 1.11 bits per heavy atom. The van der Waals surface area contributed by atoms with E-state index in [9.17, 15) is 0 Å². The Labute approximate surface area is 113 Å². The standard InChI is InChI=1S/C16H30N2/c1-14-6-5-8-16(2,3)15(14)7-9-18-12-10-17(4)11-13-18/h5-13H2,1-4H3/p+2. The highest BCUT2D eigenvalue weighted by Crippen LogP contribution is 2.41. The van der Waals surface area contributed by atoms with Crippen LogP contribution in [0.15, 0.2) is 11.1 Å². The van der Waals surface area contributed by atoms with E-state index in [1.165, 1.54) is 58.4 Å². The number of hydrogen-bond donors (Lipinski definition) is 2. The van der Waals surface area contributed by atoms with E-state index in [0.717, 1.165) is 0 Å². The number of piperazine rings is 1. The van der Waals surface area contributed by atoms with Crippen LogP contribution in [-0.2, 0) is 0 Å². The molecule has 2 rings (SSSR count). The summed E-state index contributed by atoms with van der Waals surface area (Å²) in [6.45, 7) is 14.1. The molecule has 0 aromatic carbocycles. The summed E-state index contributed by atoms with van der Waals surface area (Å²) in [4.78, 5) is 3.55. The van der Waals surface area contributed by atoms with Crippen LogP contribution in [0.2, 0.25) is 0 Å². The van der Waals surface area contributed by atoms with Gasteiger partial charge in [0.05, 0.1) is 13.6 Å². The van der Waals surface area contributed by atoms with Gasteiger partial charge in [-0.05, 0) is 31.6 Å². The van der Waals surface area contributed by atoms with E-state index >= 15 is 0 Å². The fourth-order valence-electron chi connectivity index (χ4n) is 3.81. The zero-order valence-corrected chi connectivity index (χ0v) is 12.9. The molecule has 0 unspecified atom stereocenters. The summed E-state index contributed by atoms with van der Waals surface area (Å²) in [5.41, 5.74) is 3.96. The van der Waals surface area contributed by atoms with Crippen molar-refractivity contribution in [2.75, 3.05) is 39.8 Å². The van der Waals surface area contributed by atoms with Gasteiger partial charge in [0.2, 0.25) is 0 Å². The Morgan fingerprint density at radius 3 is 2.39 bits per heavy atom. The SMILES string of the molecule is CC1=C(CC[NH+]2CC[NH+](C)CC2)C(C)(C)CCC1. The zero-order chi connectivity index (χ0) is 13.2. The van der Waals surface area contributed by atoms with Crippen molar-refractivity contribution in [2.24, 2.45) is 5.41 Å². The van der Waals surface area contributed by atoms with Gasteiger partial charge in [-0.3, -0.25) is 0 Å². The largest absolute Gasteiger partial charge is 0.328 e. The monoisotopic (exact) mass is 252 g/mol. The Hall–Kier alpha value is -0.340. The second-order valence-electron chi connectivity index (χ2n) is 7.20. The van der Waals surface area contributed by atoms with Gasteiger partial charge >= 0.3 is 0 Å². The van der Waals surface area contributed by atoms with Gasteiger partial charge in [-0.2, -0.15) is 0 Å². The van der Waals surface area contributed by atoms with Crippen LogP contribution in [0.25, 0.3) is 0 Å². The summed E-state index contributed by atoms with van der Waals surface area (Å²) in [7, 11) is 2.33. The first-order chi connectivity index (χ1) is 8.49. The molecule has 18 heavy (non-hydrogen) atoms. The lowest BCUT2D eigenvalue weighted by atomic mass is 9.71. The molecule has 0 atom stereocenters. The molecule has 0 saturated carbocycles. The average molecular weight is 252 g/mol. The molecule has 104 valence electrons. The van der Waals surface area contributed by atoms with Crippen molar-refractivity contribution in [3.05, 3.63) is 11.1 Å². The molecule has 1 aliphatic carbocycles. The lowest BCUT2D eigenvalue weighted by Gasteiger charge is -2.36. The van der Waals surface area contributed by atoms with Crippen molar-refractivity contribution < 1.29 is 9.80 Å². The highest BCUT2D eigenvalue weighted by Gasteiger charge is 2.29. The van der Waals surface area contributed by atoms with Crippen LogP contribution < -0.4 is 9.80 Å². The van der Waals surface area contributed by atoms with E-state index in [1.54, 1.807) is 16.0 Å². The molecule has 2 heteroatoms. The second kappa shape index (κ2) is 5.75. The van der Waals surface area contributed by atoms with Crippen molar-refractivity contribution >= 4 is 0 Å². The summed E-state index contributed by atoms with van der Waals surface area (Å²) in [6.07, 6.45) is 5.48. The topological polar surface area (TPSA) is 8.88 Å². The number of likely N-dealkylation sites (N-methyl/N-ethyl adjacent to an activating group) is 1. The number of hydrogen-bond acceptors (Lipinski definition) is 0. The summed E-state index contributed by atoms with van der Waals surface area (Å²) < 4.78 is 0. The lowest BCUT2D eigenvalue weighted by molar-refractivity contribution is -1.00. The number of allylic oxidation sites excluding steroid dienone is 1. The minimum absolute atomic E-state index is 0.472. The third-order valence-electron chi connectivity index (χ3n) is 5.22. The van der Waals surface area contributed by atoms with Crippen LogP contribution in [0, 0.1) is 5.41 Å². The maximum absolute atomic E-state index is 2.45. The zero-order valence-electron chi connectivity index (χ0n) is 12.9. The van der Waals surface area contributed by atoms with Crippen LogP contribution in [0.4, 0.5) is 0 Å². The summed E-state index contributed by atoms with van der Waals surface area (Å²) in [5, 5.41) is 0. The quantitative estimate of drug-likeness (QED) is 0.669. The minimum atomic E-state index is 0.472. The number of nitrogens with one attached hydrogen (secondary N) is 2. The van der Waals surface area contributed by atoms with E-state index in [1.807, 2.05) is 4.90 Å². The molecule has 1 heterocycles. The molecule has 2 aliphatic rings. The van der Waals surface area contributed by atoms with Gasteiger partial charge in [0, 0.05) is 6.42 Å². The summed E-state index contributed by atoms with van der Waals surface area (Å²) in [5.74, 6) is 0. The van der Waals surface area contributed by atoms with Gasteiger partial charge in [-0.25, -0.2) is 0 Å². The molecule has 0 amide bonds. The third kappa shape index (κ3) is 3.36. The fourth-order valence-corrected chi connectivity index (χ4v) is 3.81. The molecule has 1 fully saturated rings. The van der Waals surface area contributed by atoms with Gasteiger partial charge in [0.1, 0.15) is 26.2 Å². The smallest absolute Gasteiger partial charge is 0.127 e. The van der Waals surface area contributed by atoms with E-state index in [0.29, 0.717) is 5.41 Å². The first kappa shape index (κ1) is 14.1. The Balaban J connectivity index is 1.89. The molecule has 0 bridgehead atoms. The van der Waals surface area contributed by atoms with Crippen LogP contribution in [0.1, 0.15) is 46.5 Å². The van der Waals surface area contributed by atoms with Crippen LogP contribution in [0.5, 0.6) is 0 Å². The third-order valence-corrected chi connectivity index (χ3v) is 5.22. The van der Waals surface area contributed by atoms with Crippen molar-refractivity contribution in [1.82, 2.24) is 0 Å². The predicted molar refractivity (Wildman–Crippen MR) is 77.1 cm³/mol. The van der Waals surface area contributed by atoms with Crippen molar-refractivity contribution in [3.63, 3.8) is 0 Å². The molecule has 0 aromatic rings. The average Bonchev–Trinajstić information content (AvgIpc) is 2.30. The van der Waals surface area contributed by atoms with Gasteiger partial charge in [-0.1, -0.05) is 25.0 Å². The van der Waals surface area contributed by atoms with E-state index < -0.39 is 0 Å². The second-order valence-corrected chi connectivity index (χ2v) is 7.20. The van der Waals surface area contributed by atoms with Crippen LogP contribution in [-0.4, -0.2) is 39.8 Å². The van der Waals surface area contributed by atoms with Gasteiger partial charge in [-0.15, -0.1) is 0 Å². The van der Waals surface area contributed by atoms with Crippen molar-refractivity contribution in [1.29, 1.82) is 0 Å². The number of quaternary nitrogens is 2.